The van der Waals surface area contributed by atoms with E-state index in [1.807, 2.05) is 0 Å². The molecule has 0 aliphatic carbocycles. The fraction of sp³-hybridized carbons (Fsp3) is 0.300. The van der Waals surface area contributed by atoms with Crippen LogP contribution in [-0.2, 0) is 27.1 Å². The number of benzene rings is 1. The van der Waals surface area contributed by atoms with Crippen LogP contribution >= 0.6 is 0 Å². The quantitative estimate of drug-likeness (QED) is 0.416. The van der Waals surface area contributed by atoms with Gasteiger partial charge in [0.25, 0.3) is 10.1 Å². The number of carbonyl (C=O) groups excluding carboxylic acids is 1. The van der Waals surface area contributed by atoms with Gasteiger partial charge in [-0.05, 0) is 17.5 Å². The van der Waals surface area contributed by atoms with E-state index in [0.717, 1.165) is 0 Å². The van der Waals surface area contributed by atoms with E-state index in [1.165, 1.54) is 12.1 Å². The van der Waals surface area contributed by atoms with E-state index >= 15 is 0 Å². The minimum Gasteiger partial charge on any atom is -0.548 e. The molecule has 0 amide bonds. The van der Waals surface area contributed by atoms with Crippen molar-refractivity contribution in [3.63, 3.8) is 0 Å². The molecule has 1 aromatic rings. The maximum atomic E-state index is 10.7. The fourth-order valence-corrected chi connectivity index (χ4v) is 2.00. The molecule has 0 fully saturated rings. The first-order valence-corrected chi connectivity index (χ1v) is 6.38. The number of hydrogen-bond acceptors (Lipinski definition) is 5. The molecule has 0 heterocycles. The molecule has 0 radical (unpaired) electrons. The van der Waals surface area contributed by atoms with Gasteiger partial charge in [0.15, 0.2) is 0 Å². The van der Waals surface area contributed by atoms with Gasteiger partial charge in [0.1, 0.15) is 5.75 Å². The minimum atomic E-state index is -4.10. The summed E-state index contributed by atoms with van der Waals surface area (Å²) in [5.74, 6) is -1.88. The van der Waals surface area contributed by atoms with Crippen molar-refractivity contribution in [2.75, 3.05) is 0 Å². The number of carbonyl (C=O) groups is 1. The Bertz CT molecular complexity index is 517. The van der Waals surface area contributed by atoms with Gasteiger partial charge >= 0.3 is 29.6 Å². The van der Waals surface area contributed by atoms with Crippen LogP contribution in [-0.4, -0.2) is 25.0 Å². The molecule has 0 spiro atoms. The van der Waals surface area contributed by atoms with Crippen molar-refractivity contribution in [3.8, 4) is 0 Å². The van der Waals surface area contributed by atoms with Gasteiger partial charge in [0, 0.05) is 6.04 Å². The number of carboxylic acid groups (broad SMARTS) is 1. The summed E-state index contributed by atoms with van der Waals surface area (Å²) in [5.41, 5.74) is 6.24. The van der Waals surface area contributed by atoms with E-state index in [2.05, 4.69) is 0 Å². The second-order valence-electron chi connectivity index (χ2n) is 3.68. The van der Waals surface area contributed by atoms with Crippen LogP contribution in [0.15, 0.2) is 24.3 Å². The number of aliphatic carboxylic acids is 1. The Morgan fingerprint density at radius 1 is 1.39 bits per heavy atom. The number of carboxylic acids is 1. The first-order chi connectivity index (χ1) is 7.78. The zero-order valence-electron chi connectivity index (χ0n) is 9.87. The summed E-state index contributed by atoms with van der Waals surface area (Å²) in [5, 5.41) is 10.4. The molecule has 3 N–H and O–H groups in total. The van der Waals surface area contributed by atoms with Crippen LogP contribution < -0.4 is 40.4 Å². The Labute approximate surface area is 127 Å². The van der Waals surface area contributed by atoms with E-state index < -0.39 is 27.9 Å². The van der Waals surface area contributed by atoms with Crippen molar-refractivity contribution in [1.82, 2.24) is 0 Å². The van der Waals surface area contributed by atoms with Crippen LogP contribution in [0.5, 0.6) is 0 Å². The summed E-state index contributed by atoms with van der Waals surface area (Å²) >= 11 is 0. The molecule has 18 heavy (non-hydrogen) atoms. The molecule has 0 bridgehead atoms. The van der Waals surface area contributed by atoms with Crippen molar-refractivity contribution in [1.29, 1.82) is 0 Å². The van der Waals surface area contributed by atoms with E-state index in [-0.39, 0.29) is 36.0 Å². The predicted molar refractivity (Wildman–Crippen MR) is 58.4 cm³/mol. The molecule has 0 saturated carbocycles. The zero-order chi connectivity index (χ0) is 13.1. The molecule has 0 saturated heterocycles. The second kappa shape index (κ2) is 7.22. The van der Waals surface area contributed by atoms with E-state index in [9.17, 15) is 18.3 Å². The van der Waals surface area contributed by atoms with Gasteiger partial charge in [0.05, 0.1) is 5.97 Å². The molecule has 1 aromatic carbocycles. The number of hydrogen-bond donors (Lipinski definition) is 2. The molecule has 1 rings (SSSR count). The Morgan fingerprint density at radius 2 is 1.94 bits per heavy atom. The monoisotopic (exact) mass is 281 g/mol. The minimum absolute atomic E-state index is 0. The van der Waals surface area contributed by atoms with Crippen LogP contribution in [0.2, 0.25) is 0 Å². The molecule has 8 heteroatoms. The summed E-state index contributed by atoms with van der Waals surface area (Å²) in [6.07, 6.45) is 0.0433. The Morgan fingerprint density at radius 3 is 2.44 bits per heavy atom. The molecule has 0 aliphatic rings. The molecular formula is C10H12NNaO5S. The molecule has 0 aromatic heterocycles. The molecule has 6 nitrogen and oxygen atoms in total. The second-order valence-corrected chi connectivity index (χ2v) is 5.13. The fourth-order valence-electron chi connectivity index (χ4n) is 1.39. The molecule has 0 aliphatic heterocycles. The van der Waals surface area contributed by atoms with Crippen molar-refractivity contribution in [2.45, 2.75) is 18.2 Å². The van der Waals surface area contributed by atoms with Gasteiger partial charge in [-0.25, -0.2) is 0 Å². The summed E-state index contributed by atoms with van der Waals surface area (Å²) in [6, 6.07) is 5.04. The normalized spacial score (nSPS) is 12.6. The predicted octanol–water partition coefficient (Wildman–Crippen LogP) is -4.30. The average Bonchev–Trinajstić information content (AvgIpc) is 2.15. The maximum absolute atomic E-state index is 10.7. The van der Waals surface area contributed by atoms with E-state index in [4.69, 9.17) is 10.3 Å². The smallest absolute Gasteiger partial charge is 0.548 e. The maximum Gasteiger partial charge on any atom is 1.00 e. The van der Waals surface area contributed by atoms with Crippen LogP contribution in [0.1, 0.15) is 11.1 Å². The van der Waals surface area contributed by atoms with Crippen LogP contribution in [0.3, 0.4) is 0 Å². The third-order valence-corrected chi connectivity index (χ3v) is 2.80. The van der Waals surface area contributed by atoms with Crippen molar-refractivity contribution >= 4 is 16.1 Å². The molecule has 0 unspecified atom stereocenters. The van der Waals surface area contributed by atoms with Crippen LogP contribution in [0, 0.1) is 0 Å². The van der Waals surface area contributed by atoms with E-state index in [0.29, 0.717) is 11.1 Å². The summed E-state index contributed by atoms with van der Waals surface area (Å²) < 4.78 is 30.0. The molecular weight excluding hydrogens is 269 g/mol. The standard InChI is InChI=1S/C10H13NO5S.Na/c11-9(10(12)13)5-7-2-1-3-8(4-7)6-17(14,15)16;/h1-4,9H,5-6,11H2,(H,12,13)(H,14,15,16);/q;+1/p-1/t9-;/m1./s1. The van der Waals surface area contributed by atoms with Crippen LogP contribution in [0.4, 0.5) is 0 Å². The zero-order valence-corrected chi connectivity index (χ0v) is 12.7. The third-order valence-electron chi connectivity index (χ3n) is 2.10. The van der Waals surface area contributed by atoms with Gasteiger partial charge in [-0.3, -0.25) is 4.55 Å². The number of nitrogens with two attached hydrogens (primary N) is 1. The first-order valence-electron chi connectivity index (χ1n) is 4.77. The first kappa shape index (κ1) is 17.6. The Kier molecular flexibility index (Phi) is 7.05. The van der Waals surface area contributed by atoms with Crippen molar-refractivity contribution < 1.29 is 52.4 Å². The summed E-state index contributed by atoms with van der Waals surface area (Å²) in [4.78, 5) is 10.4. The third kappa shape index (κ3) is 6.48. The van der Waals surface area contributed by atoms with Crippen LogP contribution in [0.25, 0.3) is 0 Å². The van der Waals surface area contributed by atoms with Gasteiger partial charge in [-0.15, -0.1) is 0 Å². The van der Waals surface area contributed by atoms with E-state index in [1.54, 1.807) is 12.1 Å². The van der Waals surface area contributed by atoms with Gasteiger partial charge in [-0.1, -0.05) is 24.3 Å². The van der Waals surface area contributed by atoms with Gasteiger partial charge in [0.2, 0.25) is 0 Å². The van der Waals surface area contributed by atoms with Crippen molar-refractivity contribution in [2.24, 2.45) is 5.73 Å². The largest absolute Gasteiger partial charge is 1.00 e. The average molecular weight is 281 g/mol. The molecule has 1 atom stereocenters. The summed E-state index contributed by atoms with van der Waals surface area (Å²) in [6.45, 7) is 0. The Hall–Kier alpha value is -0.440. The molecule has 94 valence electrons. The topological polar surface area (TPSA) is 121 Å². The number of rotatable bonds is 5. The van der Waals surface area contributed by atoms with Gasteiger partial charge in [-0.2, -0.15) is 8.42 Å². The van der Waals surface area contributed by atoms with Crippen molar-refractivity contribution in [3.05, 3.63) is 35.4 Å². The Balaban J connectivity index is 0.00000289. The SMILES string of the molecule is N[C@H](Cc1cccc(CS(=O)(=O)O)c1)C(=O)[O-].[Na+]. The van der Waals surface area contributed by atoms with Gasteiger partial charge < -0.3 is 15.6 Å². The summed E-state index contributed by atoms with van der Waals surface area (Å²) in [7, 11) is -4.10.